The molecule has 0 aliphatic heterocycles. The van der Waals surface area contributed by atoms with E-state index in [2.05, 4.69) is 0 Å². The van der Waals surface area contributed by atoms with Crippen LogP contribution in [0, 0.1) is 0 Å². The highest BCUT2D eigenvalue weighted by molar-refractivity contribution is 6.22. The fourth-order valence-corrected chi connectivity index (χ4v) is 2.46. The van der Waals surface area contributed by atoms with Crippen LogP contribution < -0.4 is 4.74 Å². The fraction of sp³-hybridized carbons (Fsp3) is 0.200. The van der Waals surface area contributed by atoms with E-state index in [1.807, 2.05) is 30.3 Å². The molecule has 5 heteroatoms. The van der Waals surface area contributed by atoms with Crippen LogP contribution in [0.15, 0.2) is 60.2 Å². The standard InChI is InChI=1S/C20H20O5/c1-23-16-11-9-15(10-12-16)18(20(22)25-3)17(19(21)24-2)13-14-7-5-4-6-8-14/h4-12H,13H2,1-3H3/b18-17-. The summed E-state index contributed by atoms with van der Waals surface area (Å²) in [7, 11) is 4.13. The first-order chi connectivity index (χ1) is 12.1. The van der Waals surface area contributed by atoms with E-state index in [0.29, 0.717) is 11.3 Å². The van der Waals surface area contributed by atoms with Gasteiger partial charge in [0.25, 0.3) is 0 Å². The van der Waals surface area contributed by atoms with Crippen LogP contribution in [0.4, 0.5) is 0 Å². The lowest BCUT2D eigenvalue weighted by atomic mass is 9.94. The number of hydrogen-bond acceptors (Lipinski definition) is 5. The smallest absolute Gasteiger partial charge is 0.339 e. The van der Waals surface area contributed by atoms with Gasteiger partial charge in [-0.2, -0.15) is 0 Å². The van der Waals surface area contributed by atoms with Crippen molar-refractivity contribution < 1.29 is 23.8 Å². The third-order valence-corrected chi connectivity index (χ3v) is 3.73. The van der Waals surface area contributed by atoms with Crippen LogP contribution in [0.5, 0.6) is 5.75 Å². The van der Waals surface area contributed by atoms with Crippen molar-refractivity contribution in [3.05, 3.63) is 71.3 Å². The molecule has 0 radical (unpaired) electrons. The first-order valence-electron chi connectivity index (χ1n) is 7.68. The lowest BCUT2D eigenvalue weighted by Crippen LogP contribution is -2.16. The van der Waals surface area contributed by atoms with Gasteiger partial charge in [-0.1, -0.05) is 42.5 Å². The molecule has 0 aromatic heterocycles. The third kappa shape index (κ3) is 4.47. The fourth-order valence-electron chi connectivity index (χ4n) is 2.46. The molecule has 2 aromatic rings. The minimum Gasteiger partial charge on any atom is -0.497 e. The number of hydrogen-bond donors (Lipinski definition) is 0. The average Bonchev–Trinajstić information content (AvgIpc) is 2.67. The van der Waals surface area contributed by atoms with Gasteiger partial charge in [0.2, 0.25) is 0 Å². The van der Waals surface area contributed by atoms with Crippen LogP contribution in [0.2, 0.25) is 0 Å². The number of rotatable bonds is 6. The highest BCUT2D eigenvalue weighted by atomic mass is 16.5. The Morgan fingerprint density at radius 1 is 0.800 bits per heavy atom. The molecule has 0 amide bonds. The summed E-state index contributed by atoms with van der Waals surface area (Å²) in [5, 5.41) is 0. The van der Waals surface area contributed by atoms with E-state index in [9.17, 15) is 9.59 Å². The Hall–Kier alpha value is -3.08. The number of carbonyl (C=O) groups is 2. The summed E-state index contributed by atoms with van der Waals surface area (Å²) in [4.78, 5) is 24.8. The van der Waals surface area contributed by atoms with Gasteiger partial charge in [0.1, 0.15) is 5.75 Å². The van der Waals surface area contributed by atoms with Crippen LogP contribution in [0.3, 0.4) is 0 Å². The molecule has 0 spiro atoms. The second-order valence-corrected chi connectivity index (χ2v) is 5.23. The zero-order valence-corrected chi connectivity index (χ0v) is 14.4. The second kappa shape index (κ2) is 8.68. The molecule has 0 aliphatic carbocycles. The summed E-state index contributed by atoms with van der Waals surface area (Å²) >= 11 is 0. The van der Waals surface area contributed by atoms with E-state index in [1.54, 1.807) is 31.4 Å². The molecule has 5 nitrogen and oxygen atoms in total. The zero-order valence-electron chi connectivity index (χ0n) is 14.4. The number of esters is 2. The van der Waals surface area contributed by atoms with Crippen molar-refractivity contribution in [1.29, 1.82) is 0 Å². The molecule has 0 saturated carbocycles. The van der Waals surface area contributed by atoms with Crippen LogP contribution in [0.25, 0.3) is 5.57 Å². The Bertz CT molecular complexity index is 760. The molecule has 0 saturated heterocycles. The number of methoxy groups -OCH3 is 3. The SMILES string of the molecule is COC(=O)/C(Cc1ccccc1)=C(\C(=O)OC)c1ccc(OC)cc1. The maximum Gasteiger partial charge on any atom is 0.339 e. The van der Waals surface area contributed by atoms with Crippen molar-refractivity contribution in [2.75, 3.05) is 21.3 Å². The van der Waals surface area contributed by atoms with Crippen LogP contribution in [-0.2, 0) is 25.5 Å². The summed E-state index contributed by atoms with van der Waals surface area (Å²) in [6.45, 7) is 0. The van der Waals surface area contributed by atoms with Crippen LogP contribution >= 0.6 is 0 Å². The normalized spacial score (nSPS) is 11.3. The van der Waals surface area contributed by atoms with Gasteiger partial charge in [-0.25, -0.2) is 9.59 Å². The van der Waals surface area contributed by atoms with Gasteiger partial charge in [0.05, 0.1) is 32.5 Å². The lowest BCUT2D eigenvalue weighted by molar-refractivity contribution is -0.137. The van der Waals surface area contributed by atoms with Crippen molar-refractivity contribution in [3.8, 4) is 5.75 Å². The first-order valence-corrected chi connectivity index (χ1v) is 7.68. The van der Waals surface area contributed by atoms with E-state index in [4.69, 9.17) is 14.2 Å². The van der Waals surface area contributed by atoms with E-state index in [-0.39, 0.29) is 17.6 Å². The van der Waals surface area contributed by atoms with Gasteiger partial charge in [-0.3, -0.25) is 0 Å². The average molecular weight is 340 g/mol. The van der Waals surface area contributed by atoms with Gasteiger partial charge >= 0.3 is 11.9 Å². The molecule has 2 aromatic carbocycles. The van der Waals surface area contributed by atoms with Gasteiger partial charge in [0.15, 0.2) is 0 Å². The van der Waals surface area contributed by atoms with E-state index < -0.39 is 11.9 Å². The van der Waals surface area contributed by atoms with Crippen LogP contribution in [0.1, 0.15) is 11.1 Å². The van der Waals surface area contributed by atoms with Crippen molar-refractivity contribution in [3.63, 3.8) is 0 Å². The summed E-state index contributed by atoms with van der Waals surface area (Å²) < 4.78 is 14.9. The third-order valence-electron chi connectivity index (χ3n) is 3.73. The van der Waals surface area contributed by atoms with E-state index in [1.165, 1.54) is 14.2 Å². The Morgan fingerprint density at radius 3 is 1.92 bits per heavy atom. The number of carbonyl (C=O) groups excluding carboxylic acids is 2. The highest BCUT2D eigenvalue weighted by Gasteiger charge is 2.24. The van der Waals surface area contributed by atoms with E-state index in [0.717, 1.165) is 5.56 Å². The second-order valence-electron chi connectivity index (χ2n) is 5.23. The van der Waals surface area contributed by atoms with Gasteiger partial charge < -0.3 is 14.2 Å². The molecule has 0 bridgehead atoms. The lowest BCUT2D eigenvalue weighted by Gasteiger charge is -2.13. The molecule has 0 heterocycles. The number of ether oxygens (including phenoxy) is 3. The quantitative estimate of drug-likeness (QED) is 0.597. The first kappa shape index (κ1) is 18.3. The van der Waals surface area contributed by atoms with Crippen LogP contribution in [-0.4, -0.2) is 33.3 Å². The maximum atomic E-state index is 12.4. The largest absolute Gasteiger partial charge is 0.497 e. The minimum atomic E-state index is -0.596. The molecular weight excluding hydrogens is 320 g/mol. The Kier molecular flexibility index (Phi) is 6.34. The van der Waals surface area contributed by atoms with Gasteiger partial charge in [-0.05, 0) is 23.3 Å². The summed E-state index contributed by atoms with van der Waals surface area (Å²) in [6.07, 6.45) is 0.254. The molecule has 25 heavy (non-hydrogen) atoms. The van der Waals surface area contributed by atoms with Crippen molar-refractivity contribution in [1.82, 2.24) is 0 Å². The highest BCUT2D eigenvalue weighted by Crippen LogP contribution is 2.26. The minimum absolute atomic E-state index is 0.181. The van der Waals surface area contributed by atoms with Gasteiger partial charge in [0, 0.05) is 6.42 Å². The molecule has 0 aliphatic rings. The summed E-state index contributed by atoms with van der Waals surface area (Å²) in [5.41, 5.74) is 1.87. The predicted octanol–water partition coefficient (Wildman–Crippen LogP) is 3.04. The molecule has 2 rings (SSSR count). The Morgan fingerprint density at radius 2 is 1.40 bits per heavy atom. The Labute approximate surface area is 146 Å². The molecule has 0 N–H and O–H groups in total. The monoisotopic (exact) mass is 340 g/mol. The van der Waals surface area contributed by atoms with Gasteiger partial charge in [-0.15, -0.1) is 0 Å². The maximum absolute atomic E-state index is 12.4. The molecular formula is C20H20O5. The molecule has 130 valence electrons. The molecule has 0 atom stereocenters. The number of benzene rings is 2. The van der Waals surface area contributed by atoms with E-state index >= 15 is 0 Å². The summed E-state index contributed by atoms with van der Waals surface area (Å²) in [6, 6.07) is 16.2. The molecule has 0 fully saturated rings. The zero-order chi connectivity index (χ0) is 18.2. The van der Waals surface area contributed by atoms with Crippen molar-refractivity contribution in [2.45, 2.75) is 6.42 Å². The topological polar surface area (TPSA) is 61.8 Å². The summed E-state index contributed by atoms with van der Waals surface area (Å²) in [5.74, 6) is -0.516. The predicted molar refractivity (Wildman–Crippen MR) is 94.1 cm³/mol. The molecule has 0 unspecified atom stereocenters. The van der Waals surface area contributed by atoms with Crippen molar-refractivity contribution in [2.24, 2.45) is 0 Å². The van der Waals surface area contributed by atoms with Crippen molar-refractivity contribution >= 4 is 17.5 Å². The Balaban J connectivity index is 2.59.